The molecule has 2 heterocycles. The Hall–Kier alpha value is -2.38. The van der Waals surface area contributed by atoms with Crippen LogP contribution < -0.4 is 0 Å². The Labute approximate surface area is 121 Å². The lowest BCUT2D eigenvalue weighted by atomic mass is 9.76. The Bertz CT molecular complexity index is 692. The molecule has 1 saturated carbocycles. The molecule has 1 fully saturated rings. The van der Waals surface area contributed by atoms with Gasteiger partial charge in [0.25, 0.3) is 0 Å². The minimum absolute atomic E-state index is 0.451. The number of aliphatic carboxylic acids is 1. The molecule has 0 spiro atoms. The number of carboxylic acids is 1. The third-order valence-electron chi connectivity index (χ3n) is 4.02. The van der Waals surface area contributed by atoms with Crippen molar-refractivity contribution in [1.82, 2.24) is 30.4 Å². The second kappa shape index (κ2) is 4.87. The van der Waals surface area contributed by atoms with E-state index in [9.17, 15) is 9.90 Å². The molecule has 0 atom stereocenters. The first-order valence-electron chi connectivity index (χ1n) is 6.94. The highest BCUT2D eigenvalue weighted by Gasteiger charge is 2.49. The predicted molar refractivity (Wildman–Crippen MR) is 72.4 cm³/mol. The summed E-state index contributed by atoms with van der Waals surface area (Å²) in [6.07, 6.45) is 2.62. The van der Waals surface area contributed by atoms with Crippen LogP contribution >= 0.6 is 0 Å². The van der Waals surface area contributed by atoms with E-state index in [1.54, 1.807) is 0 Å². The third kappa shape index (κ3) is 1.98. The molecule has 1 aliphatic carbocycles. The van der Waals surface area contributed by atoms with Crippen molar-refractivity contribution < 1.29 is 9.90 Å². The van der Waals surface area contributed by atoms with E-state index in [2.05, 4.69) is 25.7 Å². The Morgan fingerprint density at radius 3 is 2.71 bits per heavy atom. The maximum absolute atomic E-state index is 11.7. The van der Waals surface area contributed by atoms with Crippen LogP contribution in [0.5, 0.6) is 0 Å². The topological polar surface area (TPSA) is 107 Å². The van der Waals surface area contributed by atoms with Crippen molar-refractivity contribution in [2.45, 2.75) is 45.1 Å². The lowest BCUT2D eigenvalue weighted by molar-refractivity contribution is -0.153. The van der Waals surface area contributed by atoms with Gasteiger partial charge < -0.3 is 5.11 Å². The average Bonchev–Trinajstić information content (AvgIpc) is 2.86. The van der Waals surface area contributed by atoms with E-state index in [0.717, 1.165) is 23.4 Å². The molecule has 0 unspecified atom stereocenters. The molecule has 1 N–H and O–H groups in total. The van der Waals surface area contributed by atoms with Gasteiger partial charge in [-0.3, -0.25) is 0 Å². The van der Waals surface area contributed by atoms with E-state index in [4.69, 9.17) is 0 Å². The Morgan fingerprint density at radius 2 is 2.14 bits per heavy atom. The number of hydrogen-bond acceptors (Lipinski definition) is 6. The monoisotopic (exact) mass is 288 g/mol. The summed E-state index contributed by atoms with van der Waals surface area (Å²) in [5, 5.41) is 29.4. The summed E-state index contributed by atoms with van der Waals surface area (Å²) in [7, 11) is 0. The molecule has 8 heteroatoms. The predicted octanol–water partition coefficient (Wildman–Crippen LogP) is 0.965. The van der Waals surface area contributed by atoms with Gasteiger partial charge in [0.15, 0.2) is 11.4 Å². The van der Waals surface area contributed by atoms with Crippen LogP contribution in [0.15, 0.2) is 6.07 Å². The molecular formula is C13H16N6O2. The molecule has 0 bridgehead atoms. The summed E-state index contributed by atoms with van der Waals surface area (Å²) in [4.78, 5) is 11.7. The van der Waals surface area contributed by atoms with E-state index in [0.29, 0.717) is 25.1 Å². The highest BCUT2D eigenvalue weighted by atomic mass is 16.4. The lowest BCUT2D eigenvalue weighted by Crippen LogP contribution is -2.48. The van der Waals surface area contributed by atoms with Crippen LogP contribution in [0, 0.1) is 6.92 Å². The van der Waals surface area contributed by atoms with Gasteiger partial charge in [0.05, 0.1) is 11.4 Å². The Kier molecular flexibility index (Phi) is 3.15. The van der Waals surface area contributed by atoms with Crippen LogP contribution in [-0.2, 0) is 16.8 Å². The molecule has 21 heavy (non-hydrogen) atoms. The molecule has 0 aromatic carbocycles. The van der Waals surface area contributed by atoms with Gasteiger partial charge in [-0.2, -0.15) is 10.2 Å². The number of hydrogen-bond donors (Lipinski definition) is 1. The molecule has 110 valence electrons. The summed E-state index contributed by atoms with van der Waals surface area (Å²) in [5.41, 5.74) is 1.23. The maximum Gasteiger partial charge on any atom is 0.331 e. The largest absolute Gasteiger partial charge is 0.479 e. The molecule has 2 aromatic rings. The van der Waals surface area contributed by atoms with Gasteiger partial charge in [-0.25, -0.2) is 9.48 Å². The molecule has 8 nitrogen and oxygen atoms in total. The first-order chi connectivity index (χ1) is 10.1. The van der Waals surface area contributed by atoms with Gasteiger partial charge in [0, 0.05) is 5.56 Å². The summed E-state index contributed by atoms with van der Waals surface area (Å²) in [5.74, 6) is -0.439. The number of rotatable bonds is 4. The zero-order valence-corrected chi connectivity index (χ0v) is 11.9. The molecule has 0 radical (unpaired) electrons. The molecule has 0 amide bonds. The van der Waals surface area contributed by atoms with E-state index in [1.807, 2.05) is 19.9 Å². The van der Waals surface area contributed by atoms with Crippen LogP contribution in [0.1, 0.15) is 37.6 Å². The van der Waals surface area contributed by atoms with Crippen molar-refractivity contribution in [2.24, 2.45) is 0 Å². The van der Waals surface area contributed by atoms with Crippen LogP contribution in [0.3, 0.4) is 0 Å². The van der Waals surface area contributed by atoms with Crippen molar-refractivity contribution in [2.75, 3.05) is 0 Å². The van der Waals surface area contributed by atoms with Crippen LogP contribution in [-0.4, -0.2) is 41.5 Å². The minimum atomic E-state index is -1.03. The van der Waals surface area contributed by atoms with Gasteiger partial charge in [-0.05, 0) is 49.1 Å². The second-order valence-corrected chi connectivity index (χ2v) is 5.30. The summed E-state index contributed by atoms with van der Waals surface area (Å²) < 4.78 is 1.44. The van der Waals surface area contributed by atoms with Gasteiger partial charge in [0.1, 0.15) is 0 Å². The lowest BCUT2D eigenvalue weighted by Gasteiger charge is -2.37. The summed E-state index contributed by atoms with van der Waals surface area (Å²) in [6.45, 7) is 3.80. The first-order valence-corrected chi connectivity index (χ1v) is 6.94. The maximum atomic E-state index is 11.7. The van der Waals surface area contributed by atoms with Crippen molar-refractivity contribution in [3.63, 3.8) is 0 Å². The molecular weight excluding hydrogens is 272 g/mol. The van der Waals surface area contributed by atoms with Crippen LogP contribution in [0.25, 0.3) is 11.4 Å². The highest BCUT2D eigenvalue weighted by Crippen LogP contribution is 2.41. The Morgan fingerprint density at radius 1 is 1.38 bits per heavy atom. The number of aryl methyl sites for hydroxylation is 2. The van der Waals surface area contributed by atoms with E-state index < -0.39 is 11.5 Å². The fraction of sp³-hybridized carbons (Fsp3) is 0.538. The number of carbonyl (C=O) groups is 1. The highest BCUT2D eigenvalue weighted by molar-refractivity contribution is 5.78. The smallest absolute Gasteiger partial charge is 0.331 e. The number of carboxylic acid groups (broad SMARTS) is 1. The molecule has 2 aromatic heterocycles. The molecule has 0 aliphatic heterocycles. The molecule has 3 rings (SSSR count). The molecule has 0 saturated heterocycles. The standard InChI is InChI=1S/C13H16N6O2/c1-3-10-9(7-8(2)14-15-10)11-16-17-18-19(11)13(12(20)21)5-4-6-13/h7H,3-6H2,1-2H3,(H,20,21). The second-order valence-electron chi connectivity index (χ2n) is 5.30. The minimum Gasteiger partial charge on any atom is -0.479 e. The Balaban J connectivity index is 2.16. The molecule has 1 aliphatic rings. The number of aromatic nitrogens is 6. The van der Waals surface area contributed by atoms with Crippen molar-refractivity contribution in [1.29, 1.82) is 0 Å². The summed E-state index contributed by atoms with van der Waals surface area (Å²) >= 11 is 0. The fourth-order valence-corrected chi connectivity index (χ4v) is 2.64. The van der Waals surface area contributed by atoms with Gasteiger partial charge in [-0.15, -0.1) is 5.10 Å². The zero-order valence-electron chi connectivity index (χ0n) is 11.9. The van der Waals surface area contributed by atoms with E-state index in [-0.39, 0.29) is 0 Å². The van der Waals surface area contributed by atoms with Crippen molar-refractivity contribution in [3.05, 3.63) is 17.5 Å². The van der Waals surface area contributed by atoms with Crippen molar-refractivity contribution in [3.8, 4) is 11.4 Å². The summed E-state index contributed by atoms with van der Waals surface area (Å²) in [6, 6.07) is 1.85. The number of nitrogens with zero attached hydrogens (tertiary/aromatic N) is 6. The van der Waals surface area contributed by atoms with Gasteiger partial charge in [-0.1, -0.05) is 6.92 Å². The quantitative estimate of drug-likeness (QED) is 0.893. The van der Waals surface area contributed by atoms with Gasteiger partial charge >= 0.3 is 5.97 Å². The zero-order chi connectivity index (χ0) is 15.0. The van der Waals surface area contributed by atoms with E-state index >= 15 is 0 Å². The SMILES string of the molecule is CCc1nnc(C)cc1-c1nnnn1C1(C(=O)O)CCC1. The van der Waals surface area contributed by atoms with Crippen LogP contribution in [0.2, 0.25) is 0 Å². The normalized spacial score (nSPS) is 16.5. The third-order valence-corrected chi connectivity index (χ3v) is 4.02. The van der Waals surface area contributed by atoms with E-state index in [1.165, 1.54) is 4.68 Å². The first kappa shape index (κ1) is 13.6. The van der Waals surface area contributed by atoms with Gasteiger partial charge in [0.2, 0.25) is 0 Å². The fourth-order valence-electron chi connectivity index (χ4n) is 2.64. The van der Waals surface area contributed by atoms with Crippen molar-refractivity contribution >= 4 is 5.97 Å². The average molecular weight is 288 g/mol. The number of tetrazole rings is 1. The van der Waals surface area contributed by atoms with Crippen LogP contribution in [0.4, 0.5) is 0 Å².